The molecular formula is C19H17BrN2O3S. The molecule has 0 atom stereocenters. The van der Waals surface area contributed by atoms with Crippen LogP contribution in [0, 0.1) is 0 Å². The van der Waals surface area contributed by atoms with Crippen LogP contribution in [0.25, 0.3) is 6.08 Å². The van der Waals surface area contributed by atoms with Gasteiger partial charge in [-0.2, -0.15) is 0 Å². The van der Waals surface area contributed by atoms with Crippen LogP contribution in [0.2, 0.25) is 0 Å². The number of amides is 1. The number of nitrogens with one attached hydrogen (secondary N) is 1. The molecule has 26 heavy (non-hydrogen) atoms. The van der Waals surface area contributed by atoms with Gasteiger partial charge in [0.05, 0.1) is 24.3 Å². The van der Waals surface area contributed by atoms with E-state index < -0.39 is 0 Å². The van der Waals surface area contributed by atoms with Gasteiger partial charge in [-0.15, -0.1) is 0 Å². The average Bonchev–Trinajstić information content (AvgIpc) is 2.97. The minimum absolute atomic E-state index is 0.172. The van der Waals surface area contributed by atoms with Crippen molar-refractivity contribution in [3.05, 3.63) is 57.4 Å². The van der Waals surface area contributed by atoms with E-state index in [1.807, 2.05) is 55.5 Å². The van der Waals surface area contributed by atoms with E-state index in [-0.39, 0.29) is 5.91 Å². The lowest BCUT2D eigenvalue weighted by molar-refractivity contribution is -0.115. The Balaban J connectivity index is 1.85. The van der Waals surface area contributed by atoms with Crippen molar-refractivity contribution in [1.29, 1.82) is 0 Å². The number of methoxy groups -OCH3 is 1. The number of amidine groups is 1. The second kappa shape index (κ2) is 8.42. The zero-order chi connectivity index (χ0) is 18.5. The third kappa shape index (κ3) is 4.28. The molecule has 3 rings (SSSR count). The maximum Gasteiger partial charge on any atom is 0.264 e. The van der Waals surface area contributed by atoms with Crippen molar-refractivity contribution in [2.75, 3.05) is 13.7 Å². The van der Waals surface area contributed by atoms with E-state index in [0.29, 0.717) is 28.2 Å². The topological polar surface area (TPSA) is 59.9 Å². The molecule has 0 bridgehead atoms. The first-order chi connectivity index (χ1) is 12.6. The zero-order valence-corrected chi connectivity index (χ0v) is 16.7. The van der Waals surface area contributed by atoms with Crippen LogP contribution in [-0.4, -0.2) is 24.8 Å². The van der Waals surface area contributed by atoms with Gasteiger partial charge in [-0.3, -0.25) is 4.79 Å². The van der Waals surface area contributed by atoms with Gasteiger partial charge in [-0.1, -0.05) is 18.2 Å². The molecule has 1 aliphatic heterocycles. The lowest BCUT2D eigenvalue weighted by Crippen LogP contribution is -2.19. The number of nitrogens with zero attached hydrogens (tertiary/aromatic N) is 1. The first-order valence-corrected chi connectivity index (χ1v) is 9.56. The molecule has 0 aliphatic carbocycles. The van der Waals surface area contributed by atoms with Crippen LogP contribution in [0.3, 0.4) is 0 Å². The number of hydrogen-bond donors (Lipinski definition) is 1. The number of para-hydroxylation sites is 1. The summed E-state index contributed by atoms with van der Waals surface area (Å²) in [5.41, 5.74) is 1.62. The number of rotatable bonds is 5. The fourth-order valence-corrected chi connectivity index (χ4v) is 3.54. The molecule has 2 aromatic carbocycles. The van der Waals surface area contributed by atoms with Crippen molar-refractivity contribution in [1.82, 2.24) is 5.32 Å². The van der Waals surface area contributed by atoms with E-state index in [9.17, 15) is 4.79 Å². The molecular weight excluding hydrogens is 416 g/mol. The molecule has 2 aromatic rings. The van der Waals surface area contributed by atoms with Crippen LogP contribution in [0.15, 0.2) is 56.8 Å². The molecule has 1 N–H and O–H groups in total. The molecule has 5 nitrogen and oxygen atoms in total. The second-order valence-corrected chi connectivity index (χ2v) is 7.16. The smallest absolute Gasteiger partial charge is 0.264 e. The molecule has 7 heteroatoms. The van der Waals surface area contributed by atoms with Crippen LogP contribution in [0.4, 0.5) is 5.69 Å². The lowest BCUT2D eigenvalue weighted by atomic mass is 10.2. The Bertz CT molecular complexity index is 896. The van der Waals surface area contributed by atoms with Gasteiger partial charge in [0.2, 0.25) is 0 Å². The normalized spacial score (nSPS) is 16.8. The highest BCUT2D eigenvalue weighted by atomic mass is 79.9. The SMILES string of the molecule is CCOc1cc(/C=C2/SC(=Nc3ccccc3Br)NC2=O)ccc1OC. The number of halogens is 1. The fraction of sp³-hybridized carbons (Fsp3) is 0.158. The molecule has 134 valence electrons. The Kier molecular flexibility index (Phi) is 6.00. The van der Waals surface area contributed by atoms with Crippen molar-refractivity contribution < 1.29 is 14.3 Å². The molecule has 1 fully saturated rings. The number of hydrogen-bond acceptors (Lipinski definition) is 5. The number of carbonyl (C=O) groups is 1. The standard InChI is InChI=1S/C19H17BrN2O3S/c1-3-25-16-10-12(8-9-15(16)24-2)11-17-18(23)22-19(26-17)21-14-7-5-4-6-13(14)20/h4-11H,3H2,1-2H3,(H,21,22,23)/b17-11+. The summed E-state index contributed by atoms with van der Waals surface area (Å²) in [6.45, 7) is 2.45. The predicted molar refractivity (Wildman–Crippen MR) is 109 cm³/mol. The Labute approximate surface area is 164 Å². The van der Waals surface area contributed by atoms with E-state index in [0.717, 1.165) is 15.7 Å². The van der Waals surface area contributed by atoms with Crippen molar-refractivity contribution in [3.8, 4) is 11.5 Å². The van der Waals surface area contributed by atoms with Crippen LogP contribution in [0.1, 0.15) is 12.5 Å². The summed E-state index contributed by atoms with van der Waals surface area (Å²) in [6, 6.07) is 13.2. The second-order valence-electron chi connectivity index (χ2n) is 5.28. The minimum Gasteiger partial charge on any atom is -0.493 e. The van der Waals surface area contributed by atoms with E-state index in [2.05, 4.69) is 26.2 Å². The van der Waals surface area contributed by atoms with Gasteiger partial charge in [-0.05, 0) is 70.5 Å². The molecule has 1 amide bonds. The van der Waals surface area contributed by atoms with Gasteiger partial charge in [0.25, 0.3) is 5.91 Å². The largest absolute Gasteiger partial charge is 0.493 e. The fourth-order valence-electron chi connectivity index (χ4n) is 2.34. The number of ether oxygens (including phenoxy) is 2. The van der Waals surface area contributed by atoms with Gasteiger partial charge in [0, 0.05) is 4.47 Å². The Morgan fingerprint density at radius 2 is 2.04 bits per heavy atom. The van der Waals surface area contributed by atoms with Gasteiger partial charge >= 0.3 is 0 Å². The van der Waals surface area contributed by atoms with Crippen LogP contribution >= 0.6 is 27.7 Å². The summed E-state index contributed by atoms with van der Waals surface area (Å²) >= 11 is 4.76. The molecule has 1 saturated heterocycles. The molecule has 0 aromatic heterocycles. The maximum atomic E-state index is 12.2. The third-order valence-electron chi connectivity index (χ3n) is 3.51. The van der Waals surface area contributed by atoms with Crippen molar-refractivity contribution in [2.45, 2.75) is 6.92 Å². The van der Waals surface area contributed by atoms with Gasteiger partial charge in [0.15, 0.2) is 16.7 Å². The van der Waals surface area contributed by atoms with Gasteiger partial charge in [-0.25, -0.2) is 4.99 Å². The first-order valence-electron chi connectivity index (χ1n) is 7.95. The highest BCUT2D eigenvalue weighted by molar-refractivity contribution is 9.10. The summed E-state index contributed by atoms with van der Waals surface area (Å²) in [6.07, 6.45) is 1.81. The van der Waals surface area contributed by atoms with Crippen LogP contribution in [0.5, 0.6) is 11.5 Å². The first kappa shape index (κ1) is 18.5. The highest BCUT2D eigenvalue weighted by Crippen LogP contribution is 2.33. The maximum absolute atomic E-state index is 12.2. The summed E-state index contributed by atoms with van der Waals surface area (Å²) in [5.74, 6) is 1.14. The van der Waals surface area contributed by atoms with E-state index in [1.54, 1.807) is 7.11 Å². The van der Waals surface area contributed by atoms with Crippen LogP contribution in [-0.2, 0) is 4.79 Å². The van der Waals surface area contributed by atoms with Gasteiger partial charge < -0.3 is 14.8 Å². The van der Waals surface area contributed by atoms with Crippen molar-refractivity contribution in [3.63, 3.8) is 0 Å². The molecule has 0 saturated carbocycles. The summed E-state index contributed by atoms with van der Waals surface area (Å²) < 4.78 is 11.7. The number of carbonyl (C=O) groups excluding carboxylic acids is 1. The summed E-state index contributed by atoms with van der Waals surface area (Å²) in [5, 5.41) is 3.34. The predicted octanol–water partition coefficient (Wildman–Crippen LogP) is 4.75. The Morgan fingerprint density at radius 1 is 1.23 bits per heavy atom. The summed E-state index contributed by atoms with van der Waals surface area (Å²) in [7, 11) is 1.60. The zero-order valence-electron chi connectivity index (χ0n) is 14.3. The van der Waals surface area contributed by atoms with E-state index >= 15 is 0 Å². The van der Waals surface area contributed by atoms with Crippen molar-refractivity contribution >= 4 is 50.5 Å². The summed E-state index contributed by atoms with van der Waals surface area (Å²) in [4.78, 5) is 17.3. The quantitative estimate of drug-likeness (QED) is 0.692. The number of thioether (sulfide) groups is 1. The highest BCUT2D eigenvalue weighted by Gasteiger charge is 2.24. The lowest BCUT2D eigenvalue weighted by Gasteiger charge is -2.09. The van der Waals surface area contributed by atoms with Crippen molar-refractivity contribution in [2.24, 2.45) is 4.99 Å². The van der Waals surface area contributed by atoms with E-state index in [1.165, 1.54) is 11.8 Å². The average molecular weight is 433 g/mol. The van der Waals surface area contributed by atoms with Gasteiger partial charge in [0.1, 0.15) is 0 Å². The molecule has 0 radical (unpaired) electrons. The Hall–Kier alpha value is -2.25. The van der Waals surface area contributed by atoms with Crippen LogP contribution < -0.4 is 14.8 Å². The molecule has 0 unspecified atom stereocenters. The minimum atomic E-state index is -0.172. The Morgan fingerprint density at radius 3 is 2.77 bits per heavy atom. The molecule has 1 aliphatic rings. The monoisotopic (exact) mass is 432 g/mol. The number of benzene rings is 2. The third-order valence-corrected chi connectivity index (χ3v) is 5.09. The molecule has 0 spiro atoms. The number of aliphatic imine (C=N–C) groups is 1. The molecule has 1 heterocycles. The van der Waals surface area contributed by atoms with E-state index in [4.69, 9.17) is 9.47 Å².